The minimum atomic E-state index is -0.761. The summed E-state index contributed by atoms with van der Waals surface area (Å²) in [5.74, 6) is -0.197. The molecule has 6 heteroatoms. The van der Waals surface area contributed by atoms with Crippen LogP contribution in [0.25, 0.3) is 10.9 Å². The van der Waals surface area contributed by atoms with Gasteiger partial charge in [0.15, 0.2) is 5.75 Å². The second kappa shape index (κ2) is 7.58. The zero-order valence-corrected chi connectivity index (χ0v) is 15.6. The fourth-order valence-electron chi connectivity index (χ4n) is 3.87. The third-order valence-electron chi connectivity index (χ3n) is 5.15. The molecule has 0 spiro atoms. The van der Waals surface area contributed by atoms with Gasteiger partial charge in [-0.3, -0.25) is 9.59 Å². The Hall–Kier alpha value is -2.96. The lowest BCUT2D eigenvalue weighted by atomic mass is 10.0. The Morgan fingerprint density at radius 3 is 2.57 bits per heavy atom. The van der Waals surface area contributed by atoms with Crippen molar-refractivity contribution in [2.75, 3.05) is 6.54 Å². The third-order valence-corrected chi connectivity index (χ3v) is 5.15. The van der Waals surface area contributed by atoms with Crippen molar-refractivity contribution in [2.24, 2.45) is 0 Å². The van der Waals surface area contributed by atoms with Crippen molar-refractivity contribution < 1.29 is 14.6 Å². The minimum Gasteiger partial charge on any atom is -0.424 e. The molecule has 0 fully saturated rings. The molecule has 1 aliphatic rings. The Morgan fingerprint density at radius 2 is 1.89 bits per heavy atom. The normalized spacial score (nSPS) is 14.8. The van der Waals surface area contributed by atoms with Gasteiger partial charge in [-0.1, -0.05) is 30.3 Å². The van der Waals surface area contributed by atoms with Crippen molar-refractivity contribution in [1.82, 2.24) is 10.3 Å². The van der Waals surface area contributed by atoms with Crippen LogP contribution in [-0.4, -0.2) is 28.6 Å². The van der Waals surface area contributed by atoms with Crippen LogP contribution in [0.15, 0.2) is 53.3 Å². The molecule has 1 unspecified atom stereocenters. The Bertz CT molecular complexity index is 1060. The SMILES string of the molecule is CC(=O)Oc1ccc(C(O)CNC2Cc3ccccc3C2)c2ccc(=O)[nH]c12. The first-order valence-corrected chi connectivity index (χ1v) is 9.34. The summed E-state index contributed by atoms with van der Waals surface area (Å²) in [5.41, 5.74) is 3.48. The van der Waals surface area contributed by atoms with Gasteiger partial charge in [-0.2, -0.15) is 0 Å². The fourth-order valence-corrected chi connectivity index (χ4v) is 3.87. The number of benzene rings is 2. The van der Waals surface area contributed by atoms with Gasteiger partial charge in [-0.05, 0) is 41.7 Å². The molecule has 0 radical (unpaired) electrons. The molecule has 1 atom stereocenters. The Morgan fingerprint density at radius 1 is 1.18 bits per heavy atom. The quantitative estimate of drug-likeness (QED) is 0.468. The van der Waals surface area contributed by atoms with Gasteiger partial charge in [0.25, 0.3) is 0 Å². The Labute approximate surface area is 162 Å². The molecule has 0 bridgehead atoms. The number of aliphatic hydroxyl groups excluding tert-OH is 1. The molecule has 1 heterocycles. The molecule has 0 saturated heterocycles. The van der Waals surface area contributed by atoms with E-state index in [1.165, 1.54) is 24.1 Å². The molecule has 4 rings (SSSR count). The van der Waals surface area contributed by atoms with E-state index in [4.69, 9.17) is 4.74 Å². The van der Waals surface area contributed by atoms with Gasteiger partial charge in [0.2, 0.25) is 5.56 Å². The number of H-pyrrole nitrogens is 1. The molecule has 0 amide bonds. The summed E-state index contributed by atoms with van der Waals surface area (Å²) < 4.78 is 5.19. The van der Waals surface area contributed by atoms with Crippen LogP contribution in [-0.2, 0) is 17.6 Å². The Balaban J connectivity index is 1.54. The summed E-state index contributed by atoms with van der Waals surface area (Å²) >= 11 is 0. The molecular formula is C22H22N2O4. The summed E-state index contributed by atoms with van der Waals surface area (Å²) in [4.78, 5) is 25.8. The van der Waals surface area contributed by atoms with Crippen molar-refractivity contribution in [2.45, 2.75) is 31.9 Å². The molecule has 6 nitrogen and oxygen atoms in total. The van der Waals surface area contributed by atoms with E-state index in [9.17, 15) is 14.7 Å². The van der Waals surface area contributed by atoms with Crippen molar-refractivity contribution >= 4 is 16.9 Å². The number of nitrogens with one attached hydrogen (secondary N) is 2. The van der Waals surface area contributed by atoms with Gasteiger partial charge < -0.3 is 20.1 Å². The topological polar surface area (TPSA) is 91.4 Å². The van der Waals surface area contributed by atoms with Crippen molar-refractivity contribution in [3.05, 3.63) is 75.6 Å². The zero-order chi connectivity index (χ0) is 19.7. The lowest BCUT2D eigenvalue weighted by Crippen LogP contribution is -2.33. The molecule has 2 aromatic carbocycles. The maximum absolute atomic E-state index is 11.7. The highest BCUT2D eigenvalue weighted by atomic mass is 16.5. The van der Waals surface area contributed by atoms with E-state index in [0.717, 1.165) is 12.8 Å². The Kier molecular flexibility index (Phi) is 4.98. The zero-order valence-electron chi connectivity index (χ0n) is 15.6. The number of hydrogen-bond donors (Lipinski definition) is 3. The van der Waals surface area contributed by atoms with Gasteiger partial charge in [-0.15, -0.1) is 0 Å². The van der Waals surface area contributed by atoms with E-state index in [1.807, 2.05) is 12.1 Å². The van der Waals surface area contributed by atoms with E-state index < -0.39 is 12.1 Å². The number of aromatic amines is 1. The van der Waals surface area contributed by atoms with Crippen LogP contribution in [0.2, 0.25) is 0 Å². The molecule has 0 saturated carbocycles. The van der Waals surface area contributed by atoms with Crippen LogP contribution in [0.5, 0.6) is 5.75 Å². The second-order valence-electron chi connectivity index (χ2n) is 7.16. The maximum atomic E-state index is 11.7. The van der Waals surface area contributed by atoms with Crippen LogP contribution in [0.4, 0.5) is 0 Å². The molecule has 3 N–H and O–H groups in total. The van der Waals surface area contributed by atoms with Crippen LogP contribution in [0.3, 0.4) is 0 Å². The predicted molar refractivity (Wildman–Crippen MR) is 106 cm³/mol. The number of carbonyl (C=O) groups excluding carboxylic acids is 1. The number of rotatable bonds is 5. The molecule has 144 valence electrons. The molecule has 28 heavy (non-hydrogen) atoms. The molecule has 1 aromatic heterocycles. The molecule has 0 aliphatic heterocycles. The highest BCUT2D eigenvalue weighted by Gasteiger charge is 2.22. The van der Waals surface area contributed by atoms with Crippen LogP contribution in [0.1, 0.15) is 29.7 Å². The number of carbonyl (C=O) groups is 1. The first-order chi connectivity index (χ1) is 13.5. The van der Waals surface area contributed by atoms with E-state index in [1.54, 1.807) is 18.2 Å². The van der Waals surface area contributed by atoms with Crippen LogP contribution in [0, 0.1) is 0 Å². The average Bonchev–Trinajstić information content (AvgIpc) is 3.09. The monoisotopic (exact) mass is 378 g/mol. The molecular weight excluding hydrogens is 356 g/mol. The fraction of sp³-hybridized carbons (Fsp3) is 0.273. The summed E-state index contributed by atoms with van der Waals surface area (Å²) in [5, 5.41) is 14.9. The molecule has 3 aromatic rings. The lowest BCUT2D eigenvalue weighted by molar-refractivity contribution is -0.131. The highest BCUT2D eigenvalue weighted by Crippen LogP contribution is 2.30. The largest absolute Gasteiger partial charge is 0.424 e. The smallest absolute Gasteiger partial charge is 0.308 e. The van der Waals surface area contributed by atoms with E-state index in [-0.39, 0.29) is 11.3 Å². The number of aromatic nitrogens is 1. The third kappa shape index (κ3) is 3.69. The van der Waals surface area contributed by atoms with Crippen LogP contribution >= 0.6 is 0 Å². The number of ether oxygens (including phenoxy) is 1. The first-order valence-electron chi connectivity index (χ1n) is 9.34. The summed E-state index contributed by atoms with van der Waals surface area (Å²) in [6.07, 6.45) is 1.13. The van der Waals surface area contributed by atoms with E-state index >= 15 is 0 Å². The standard InChI is InChI=1S/C22H22N2O4/c1-13(25)28-20-8-6-17(18-7-9-21(27)24-22(18)20)19(26)12-23-16-10-14-4-2-3-5-15(14)11-16/h2-9,16,19,23,26H,10-12H2,1H3,(H,24,27). The van der Waals surface area contributed by atoms with Gasteiger partial charge >= 0.3 is 5.97 Å². The lowest BCUT2D eigenvalue weighted by Gasteiger charge is -2.18. The second-order valence-corrected chi connectivity index (χ2v) is 7.16. The number of pyridine rings is 1. The number of esters is 1. The minimum absolute atomic E-state index is 0.273. The van der Waals surface area contributed by atoms with Gasteiger partial charge in [0, 0.05) is 31.0 Å². The number of fused-ring (bicyclic) bond motifs is 2. The summed E-state index contributed by atoms with van der Waals surface area (Å²) in [7, 11) is 0. The summed E-state index contributed by atoms with van der Waals surface area (Å²) in [6.45, 7) is 1.69. The molecule has 1 aliphatic carbocycles. The van der Waals surface area contributed by atoms with Crippen molar-refractivity contribution in [3.63, 3.8) is 0 Å². The van der Waals surface area contributed by atoms with Crippen molar-refractivity contribution in [1.29, 1.82) is 0 Å². The van der Waals surface area contributed by atoms with E-state index in [2.05, 4.69) is 22.4 Å². The number of hydrogen-bond acceptors (Lipinski definition) is 5. The predicted octanol–water partition coefficient (Wildman–Crippen LogP) is 2.24. The van der Waals surface area contributed by atoms with Gasteiger partial charge in [-0.25, -0.2) is 0 Å². The average molecular weight is 378 g/mol. The highest BCUT2D eigenvalue weighted by molar-refractivity contribution is 5.89. The number of aliphatic hydroxyl groups is 1. The van der Waals surface area contributed by atoms with Crippen LogP contribution < -0.4 is 15.6 Å². The summed E-state index contributed by atoms with van der Waals surface area (Å²) in [6, 6.07) is 15.1. The van der Waals surface area contributed by atoms with Gasteiger partial charge in [0.1, 0.15) is 0 Å². The van der Waals surface area contributed by atoms with Gasteiger partial charge in [0.05, 0.1) is 11.6 Å². The first kappa shape index (κ1) is 18.4. The van der Waals surface area contributed by atoms with E-state index in [0.29, 0.717) is 29.1 Å². The maximum Gasteiger partial charge on any atom is 0.308 e. The van der Waals surface area contributed by atoms with Crippen molar-refractivity contribution in [3.8, 4) is 5.75 Å².